The molecule has 0 spiro atoms. The number of benzene rings is 1. The van der Waals surface area contributed by atoms with Gasteiger partial charge in [0.2, 0.25) is 10.0 Å². The van der Waals surface area contributed by atoms with Gasteiger partial charge in [-0.2, -0.15) is 0 Å². The second-order valence-electron chi connectivity index (χ2n) is 4.01. The van der Waals surface area contributed by atoms with Crippen LogP contribution in [0.4, 0.5) is 11.4 Å². The van der Waals surface area contributed by atoms with Gasteiger partial charge in [0, 0.05) is 23.2 Å². The van der Waals surface area contributed by atoms with Crippen LogP contribution in [0.3, 0.4) is 0 Å². The van der Waals surface area contributed by atoms with Crippen LogP contribution in [-0.2, 0) is 16.6 Å². The average molecular weight is 348 g/mol. The van der Waals surface area contributed by atoms with Crippen molar-refractivity contribution < 1.29 is 13.3 Å². The Balaban J connectivity index is 2.31. The molecule has 2 aromatic rings. The van der Waals surface area contributed by atoms with Crippen molar-refractivity contribution >= 4 is 44.3 Å². The minimum atomic E-state index is -4.06. The number of nitrogens with zero attached hydrogens (tertiary/aromatic N) is 1. The average Bonchev–Trinajstić information content (AvgIpc) is 2.82. The maximum Gasteiger partial charge on any atom is 0.289 e. The summed E-state index contributed by atoms with van der Waals surface area (Å²) in [7, 11) is -4.06. The van der Waals surface area contributed by atoms with E-state index in [1.54, 1.807) is 12.1 Å². The number of halogens is 1. The molecule has 0 aliphatic heterocycles. The molecule has 21 heavy (non-hydrogen) atoms. The highest BCUT2D eigenvalue weighted by molar-refractivity contribution is 7.89. The predicted molar refractivity (Wildman–Crippen MR) is 80.9 cm³/mol. The molecular formula is C11H10ClN3O4S2. The maximum absolute atomic E-state index is 12.2. The van der Waals surface area contributed by atoms with Crippen LogP contribution in [0, 0.1) is 10.1 Å². The van der Waals surface area contributed by atoms with Crippen molar-refractivity contribution in [3.63, 3.8) is 0 Å². The Kier molecular flexibility index (Phi) is 4.47. The summed E-state index contributed by atoms with van der Waals surface area (Å²) in [6.07, 6.45) is 0. The monoisotopic (exact) mass is 347 g/mol. The van der Waals surface area contributed by atoms with Gasteiger partial charge in [-0.05, 0) is 24.3 Å². The number of anilines is 1. The standard InChI is InChI=1S/C11H10ClN3O4S2/c12-11-4-2-8(20-11)6-14-21(18,19)10-5-7(13)1-3-9(10)15(16)17/h1-5,14H,6,13H2. The first-order valence-electron chi connectivity index (χ1n) is 5.57. The van der Waals surface area contributed by atoms with Gasteiger partial charge >= 0.3 is 0 Å². The molecule has 1 heterocycles. The Bertz CT molecular complexity index is 789. The lowest BCUT2D eigenvalue weighted by Crippen LogP contribution is -2.23. The van der Waals surface area contributed by atoms with Crippen LogP contribution in [0.1, 0.15) is 4.88 Å². The van der Waals surface area contributed by atoms with Crippen LogP contribution >= 0.6 is 22.9 Å². The van der Waals surface area contributed by atoms with Crippen LogP contribution in [0.2, 0.25) is 4.34 Å². The van der Waals surface area contributed by atoms with E-state index >= 15 is 0 Å². The predicted octanol–water partition coefficient (Wildman–Crippen LogP) is 2.37. The van der Waals surface area contributed by atoms with Gasteiger partial charge in [-0.25, -0.2) is 13.1 Å². The zero-order valence-corrected chi connectivity index (χ0v) is 12.8. The Morgan fingerprint density at radius 3 is 2.62 bits per heavy atom. The Hall–Kier alpha value is -1.68. The molecule has 7 nitrogen and oxygen atoms in total. The zero-order valence-electron chi connectivity index (χ0n) is 10.4. The lowest BCUT2D eigenvalue weighted by atomic mass is 10.3. The van der Waals surface area contributed by atoms with Gasteiger partial charge in [0.25, 0.3) is 5.69 Å². The van der Waals surface area contributed by atoms with E-state index in [4.69, 9.17) is 17.3 Å². The van der Waals surface area contributed by atoms with Crippen molar-refractivity contribution in [2.45, 2.75) is 11.4 Å². The Morgan fingerprint density at radius 1 is 1.33 bits per heavy atom. The molecule has 0 fully saturated rings. The van der Waals surface area contributed by atoms with Crippen molar-refractivity contribution in [1.29, 1.82) is 0 Å². The van der Waals surface area contributed by atoms with Crippen molar-refractivity contribution in [1.82, 2.24) is 4.72 Å². The lowest BCUT2D eigenvalue weighted by Gasteiger charge is -2.07. The van der Waals surface area contributed by atoms with Crippen molar-refractivity contribution in [2.75, 3.05) is 5.73 Å². The van der Waals surface area contributed by atoms with E-state index in [2.05, 4.69) is 4.72 Å². The first-order valence-corrected chi connectivity index (χ1v) is 8.25. The molecule has 1 aromatic heterocycles. The van der Waals surface area contributed by atoms with E-state index in [0.717, 1.165) is 12.1 Å². The SMILES string of the molecule is Nc1ccc([N+](=O)[O-])c(S(=O)(=O)NCc2ccc(Cl)s2)c1. The number of nitro benzene ring substituents is 1. The van der Waals surface area contributed by atoms with E-state index in [-0.39, 0.29) is 12.2 Å². The van der Waals surface area contributed by atoms with Crippen LogP contribution in [-0.4, -0.2) is 13.3 Å². The number of nitrogens with two attached hydrogens (primary N) is 1. The molecular weight excluding hydrogens is 338 g/mol. The van der Waals surface area contributed by atoms with Crippen molar-refractivity contribution in [3.05, 3.63) is 49.7 Å². The number of sulfonamides is 1. The highest BCUT2D eigenvalue weighted by Gasteiger charge is 2.25. The third-order valence-electron chi connectivity index (χ3n) is 2.54. The number of nitro groups is 1. The van der Waals surface area contributed by atoms with Gasteiger partial charge in [0.05, 0.1) is 9.26 Å². The van der Waals surface area contributed by atoms with Crippen molar-refractivity contribution in [3.8, 4) is 0 Å². The summed E-state index contributed by atoms with van der Waals surface area (Å²) >= 11 is 6.97. The molecule has 0 saturated carbocycles. The van der Waals surface area contributed by atoms with E-state index in [0.29, 0.717) is 9.21 Å². The normalized spacial score (nSPS) is 11.5. The lowest BCUT2D eigenvalue weighted by molar-refractivity contribution is -0.387. The highest BCUT2D eigenvalue weighted by atomic mass is 35.5. The fraction of sp³-hybridized carbons (Fsp3) is 0.0909. The van der Waals surface area contributed by atoms with Crippen LogP contribution in [0.5, 0.6) is 0 Å². The molecule has 0 aliphatic rings. The van der Waals surface area contributed by atoms with E-state index in [1.807, 2.05) is 0 Å². The largest absolute Gasteiger partial charge is 0.399 e. The van der Waals surface area contributed by atoms with Gasteiger partial charge in [0.1, 0.15) is 0 Å². The van der Waals surface area contributed by atoms with E-state index in [9.17, 15) is 18.5 Å². The molecule has 0 amide bonds. The van der Waals surface area contributed by atoms with Crippen LogP contribution in [0.15, 0.2) is 35.2 Å². The summed E-state index contributed by atoms with van der Waals surface area (Å²) in [5.74, 6) is 0. The minimum Gasteiger partial charge on any atom is -0.399 e. The first kappa shape index (κ1) is 15.7. The number of hydrogen-bond acceptors (Lipinski definition) is 6. The molecule has 0 aliphatic carbocycles. The molecule has 112 valence electrons. The topological polar surface area (TPSA) is 115 Å². The second-order valence-corrected chi connectivity index (χ2v) is 7.55. The Morgan fingerprint density at radius 2 is 2.05 bits per heavy atom. The third-order valence-corrected chi connectivity index (χ3v) is 5.20. The van der Waals surface area contributed by atoms with E-state index < -0.39 is 25.5 Å². The summed E-state index contributed by atoms with van der Waals surface area (Å²) in [4.78, 5) is 10.4. The van der Waals surface area contributed by atoms with Crippen LogP contribution < -0.4 is 10.5 Å². The fourth-order valence-corrected chi connectivity index (χ4v) is 3.92. The number of rotatable bonds is 5. The molecule has 10 heteroatoms. The molecule has 1 aromatic carbocycles. The molecule has 0 radical (unpaired) electrons. The van der Waals surface area contributed by atoms with E-state index in [1.165, 1.54) is 17.4 Å². The highest BCUT2D eigenvalue weighted by Crippen LogP contribution is 2.26. The summed E-state index contributed by atoms with van der Waals surface area (Å²) < 4.78 is 27.2. The molecule has 0 bridgehead atoms. The van der Waals surface area contributed by atoms with Crippen molar-refractivity contribution in [2.24, 2.45) is 0 Å². The first-order chi connectivity index (χ1) is 9.79. The smallest absolute Gasteiger partial charge is 0.289 e. The summed E-state index contributed by atoms with van der Waals surface area (Å²) in [5.41, 5.74) is 5.10. The van der Waals surface area contributed by atoms with Gasteiger partial charge in [-0.1, -0.05) is 11.6 Å². The Labute approximate surface area is 129 Å². The minimum absolute atomic E-state index is 0.00826. The number of hydrogen-bond donors (Lipinski definition) is 2. The number of nitrogen functional groups attached to an aromatic ring is 1. The fourth-order valence-electron chi connectivity index (χ4n) is 1.59. The quantitative estimate of drug-likeness (QED) is 0.489. The molecule has 0 saturated heterocycles. The summed E-state index contributed by atoms with van der Waals surface area (Å²) in [5, 5.41) is 10.9. The molecule has 0 atom stereocenters. The maximum atomic E-state index is 12.2. The summed E-state index contributed by atoms with van der Waals surface area (Å²) in [6, 6.07) is 6.70. The summed E-state index contributed by atoms with van der Waals surface area (Å²) in [6.45, 7) is -0.00826. The van der Waals surface area contributed by atoms with Gasteiger partial charge < -0.3 is 5.73 Å². The molecule has 3 N–H and O–H groups in total. The van der Waals surface area contributed by atoms with Gasteiger partial charge in [-0.15, -0.1) is 11.3 Å². The molecule has 0 unspecified atom stereocenters. The number of nitrogens with one attached hydrogen (secondary N) is 1. The third kappa shape index (κ3) is 3.70. The van der Waals surface area contributed by atoms with Gasteiger partial charge in [0.15, 0.2) is 4.90 Å². The van der Waals surface area contributed by atoms with Gasteiger partial charge in [-0.3, -0.25) is 10.1 Å². The number of thiophene rings is 1. The second kappa shape index (κ2) is 5.98. The molecule has 2 rings (SSSR count). The zero-order chi connectivity index (χ0) is 15.6. The van der Waals surface area contributed by atoms with Crippen LogP contribution in [0.25, 0.3) is 0 Å².